The van der Waals surface area contributed by atoms with Crippen LogP contribution in [0.25, 0.3) is 0 Å². The van der Waals surface area contributed by atoms with E-state index in [1.807, 2.05) is 12.1 Å². The fourth-order valence-electron chi connectivity index (χ4n) is 5.41. The van der Waals surface area contributed by atoms with E-state index in [0.29, 0.717) is 0 Å². The van der Waals surface area contributed by atoms with E-state index in [4.69, 9.17) is 0 Å². The van der Waals surface area contributed by atoms with Gasteiger partial charge < -0.3 is 12.4 Å². The summed E-state index contributed by atoms with van der Waals surface area (Å²) in [6.07, 6.45) is 27.4. The molecule has 0 aromatic heterocycles. The molecule has 0 N–H and O–H groups in total. The quantitative estimate of drug-likeness (QED) is 0.0935. The molecule has 40 heavy (non-hydrogen) atoms. The van der Waals surface area contributed by atoms with Gasteiger partial charge in [0.05, 0.1) is 0 Å². The van der Waals surface area contributed by atoms with Gasteiger partial charge in [-0.1, -0.05) is 142 Å². The summed E-state index contributed by atoms with van der Waals surface area (Å²) in [5, 5.41) is 0. The Labute approximate surface area is 262 Å². The van der Waals surface area contributed by atoms with Gasteiger partial charge in [-0.15, -0.1) is 0 Å². The van der Waals surface area contributed by atoms with E-state index in [-0.39, 0.29) is 24.0 Å². The molecule has 228 valence electrons. The molecule has 0 amide bonds. The highest BCUT2D eigenvalue weighted by Gasteiger charge is 2.26. The maximum absolute atomic E-state index is 14.9. The van der Waals surface area contributed by atoms with Crippen molar-refractivity contribution in [3.8, 4) is 0 Å². The lowest BCUT2D eigenvalue weighted by atomic mass is 10.0. The molecule has 0 atom stereocenters. The molecule has 0 aliphatic rings. The second kappa shape index (κ2) is 24.9. The standard InChI is InChI=1S/C36H56F2I.ClH/c1-3-5-7-9-11-13-15-17-19-21-25-31-33(37)27-23-29-35(31)39-36-30-24-28-34(38)32(36)26-22-20-18-16-14-12-10-8-6-4-2;/h23-24,27-30H,3-22,25-26H2,1-2H3;1H/q+1;/p-1. The average molecular weight is 689 g/mol. The molecule has 0 nitrogen and oxygen atoms in total. The van der Waals surface area contributed by atoms with Crippen LogP contribution in [0.1, 0.15) is 153 Å². The highest BCUT2D eigenvalue weighted by Crippen LogP contribution is 2.16. The molecular formula is C36H56ClF2I. The zero-order valence-electron chi connectivity index (χ0n) is 25.5. The topological polar surface area (TPSA) is 0 Å². The minimum Gasteiger partial charge on any atom is -1.00 e. The second-order valence-corrected chi connectivity index (χ2v) is 14.2. The average Bonchev–Trinajstić information content (AvgIpc) is 2.93. The lowest BCUT2D eigenvalue weighted by Gasteiger charge is -2.07. The van der Waals surface area contributed by atoms with Crippen LogP contribution >= 0.6 is 0 Å². The summed E-state index contributed by atoms with van der Waals surface area (Å²) >= 11 is -0.608. The molecule has 0 heterocycles. The van der Waals surface area contributed by atoms with Gasteiger partial charge >= 0.3 is 21.2 Å². The van der Waals surface area contributed by atoms with Crippen LogP contribution in [0.4, 0.5) is 8.78 Å². The highest BCUT2D eigenvalue weighted by atomic mass is 127. The number of halogens is 4. The van der Waals surface area contributed by atoms with Gasteiger partial charge in [-0.3, -0.25) is 0 Å². The van der Waals surface area contributed by atoms with Crippen molar-refractivity contribution >= 4 is 0 Å². The summed E-state index contributed by atoms with van der Waals surface area (Å²) in [5.41, 5.74) is 1.78. The monoisotopic (exact) mass is 688 g/mol. The molecule has 0 aliphatic heterocycles. The summed E-state index contributed by atoms with van der Waals surface area (Å²) in [7, 11) is 0. The van der Waals surface area contributed by atoms with Gasteiger partial charge in [-0.05, 0) is 49.9 Å². The number of hydrogen-bond donors (Lipinski definition) is 0. The van der Waals surface area contributed by atoms with Crippen molar-refractivity contribution in [2.24, 2.45) is 0 Å². The van der Waals surface area contributed by atoms with Crippen LogP contribution in [0.5, 0.6) is 0 Å². The van der Waals surface area contributed by atoms with Crippen LogP contribution in [0.15, 0.2) is 36.4 Å². The van der Waals surface area contributed by atoms with Gasteiger partial charge in [0.1, 0.15) is 11.6 Å². The van der Waals surface area contributed by atoms with Gasteiger partial charge in [-0.25, -0.2) is 8.78 Å². The zero-order valence-corrected chi connectivity index (χ0v) is 28.4. The van der Waals surface area contributed by atoms with Gasteiger partial charge in [-0.2, -0.15) is 0 Å². The summed E-state index contributed by atoms with van der Waals surface area (Å²) in [5.74, 6) is -0.147. The van der Waals surface area contributed by atoms with Gasteiger partial charge in [0, 0.05) is 11.1 Å². The second-order valence-electron chi connectivity index (χ2n) is 11.4. The summed E-state index contributed by atoms with van der Waals surface area (Å²) in [6.45, 7) is 4.53. The third kappa shape index (κ3) is 16.1. The van der Waals surface area contributed by atoms with Gasteiger partial charge in [0.25, 0.3) is 0 Å². The summed E-state index contributed by atoms with van der Waals surface area (Å²) in [4.78, 5) is 0. The first kappa shape index (κ1) is 37.3. The minimum absolute atomic E-state index is 0. The lowest BCUT2D eigenvalue weighted by Crippen LogP contribution is -3.62. The van der Waals surface area contributed by atoms with Gasteiger partial charge in [0.15, 0.2) is 0 Å². The number of hydrogen-bond acceptors (Lipinski definition) is 0. The largest absolute Gasteiger partial charge is 1.00 e. The molecule has 2 aromatic carbocycles. The molecule has 4 heteroatoms. The summed E-state index contributed by atoms with van der Waals surface area (Å²) < 4.78 is 32.1. The molecule has 0 radical (unpaired) electrons. The molecule has 0 saturated carbocycles. The van der Waals surface area contributed by atoms with Crippen LogP contribution in [0, 0.1) is 18.8 Å². The normalized spacial score (nSPS) is 11.1. The molecule has 0 spiro atoms. The Morgan fingerprint density at radius 3 is 1.07 bits per heavy atom. The van der Waals surface area contributed by atoms with Crippen molar-refractivity contribution in [2.75, 3.05) is 0 Å². The van der Waals surface area contributed by atoms with E-state index in [0.717, 1.165) is 44.0 Å². The fraction of sp³-hybridized carbons (Fsp3) is 0.667. The molecular weight excluding hydrogens is 633 g/mol. The van der Waals surface area contributed by atoms with Crippen LogP contribution < -0.4 is 33.6 Å². The Hall–Kier alpha value is -0.680. The van der Waals surface area contributed by atoms with E-state index in [2.05, 4.69) is 26.0 Å². The SMILES string of the molecule is CCCCCCCCCCCCc1c(F)cccc1[I+]c1cccc(F)c1CCCCCCCCCCCC.[Cl-]. The molecule has 2 rings (SSSR count). The van der Waals surface area contributed by atoms with Crippen LogP contribution in [0.3, 0.4) is 0 Å². The van der Waals surface area contributed by atoms with E-state index < -0.39 is 21.2 Å². The fourth-order valence-corrected chi connectivity index (χ4v) is 8.51. The van der Waals surface area contributed by atoms with Crippen LogP contribution in [-0.2, 0) is 12.8 Å². The van der Waals surface area contributed by atoms with E-state index >= 15 is 0 Å². The molecule has 2 aromatic rings. The first-order chi connectivity index (χ1) is 19.2. The molecule has 0 saturated heterocycles. The predicted molar refractivity (Wildman–Crippen MR) is 161 cm³/mol. The Bertz CT molecular complexity index is 814. The Kier molecular flexibility index (Phi) is 23.2. The van der Waals surface area contributed by atoms with Gasteiger partial charge in [0.2, 0.25) is 7.14 Å². The number of unbranched alkanes of at least 4 members (excludes halogenated alkanes) is 18. The van der Waals surface area contributed by atoms with Crippen molar-refractivity contribution in [3.63, 3.8) is 0 Å². The molecule has 0 fully saturated rings. The smallest absolute Gasteiger partial charge is 0.358 e. The Morgan fingerprint density at radius 1 is 0.450 bits per heavy atom. The first-order valence-electron chi connectivity index (χ1n) is 16.4. The number of benzene rings is 2. The predicted octanol–water partition coefficient (Wildman–Crippen LogP) is 6.02. The summed E-state index contributed by atoms with van der Waals surface area (Å²) in [6, 6.07) is 11.1. The Balaban J connectivity index is 0.00000800. The van der Waals surface area contributed by atoms with Crippen molar-refractivity contribution < 1.29 is 42.4 Å². The van der Waals surface area contributed by atoms with Crippen LogP contribution in [0.2, 0.25) is 0 Å². The molecule has 0 bridgehead atoms. The third-order valence-corrected chi connectivity index (χ3v) is 11.1. The van der Waals surface area contributed by atoms with Crippen molar-refractivity contribution in [1.82, 2.24) is 0 Å². The van der Waals surface area contributed by atoms with Crippen LogP contribution in [-0.4, -0.2) is 0 Å². The Morgan fingerprint density at radius 2 is 0.750 bits per heavy atom. The highest BCUT2D eigenvalue weighted by molar-refractivity contribution is 5.20. The zero-order chi connectivity index (χ0) is 28.0. The van der Waals surface area contributed by atoms with E-state index in [1.54, 1.807) is 12.1 Å². The van der Waals surface area contributed by atoms with Crippen molar-refractivity contribution in [2.45, 2.75) is 155 Å². The van der Waals surface area contributed by atoms with Crippen molar-refractivity contribution in [1.29, 1.82) is 0 Å². The van der Waals surface area contributed by atoms with Crippen molar-refractivity contribution in [3.05, 3.63) is 66.3 Å². The molecule has 0 unspecified atom stereocenters. The van der Waals surface area contributed by atoms with E-state index in [1.165, 1.54) is 116 Å². The number of rotatable bonds is 24. The third-order valence-electron chi connectivity index (χ3n) is 7.89. The van der Waals surface area contributed by atoms with E-state index in [9.17, 15) is 8.78 Å². The first-order valence-corrected chi connectivity index (χ1v) is 18.5. The maximum Gasteiger partial charge on any atom is 0.358 e. The molecule has 0 aliphatic carbocycles. The maximum atomic E-state index is 14.9. The minimum atomic E-state index is -0.608. The lowest BCUT2D eigenvalue weighted by molar-refractivity contribution is -0.599.